The van der Waals surface area contributed by atoms with Crippen molar-refractivity contribution in [2.45, 2.75) is 43.5 Å². The van der Waals surface area contributed by atoms with Gasteiger partial charge in [-0.05, 0) is 0 Å². The average molecular weight is 422 g/mol. The Balaban J connectivity index is 1.39. The molecule has 170 valence electrons. The molecule has 0 aromatic carbocycles. The van der Waals surface area contributed by atoms with Gasteiger partial charge in [0.1, 0.15) is 17.8 Å². The number of amides is 1. The molecule has 2 aliphatic rings. The van der Waals surface area contributed by atoms with Gasteiger partial charge in [-0.15, -0.1) is 0 Å². The van der Waals surface area contributed by atoms with E-state index >= 15 is 0 Å². The van der Waals surface area contributed by atoms with Crippen molar-refractivity contribution in [2.75, 3.05) is 66.0 Å². The number of hydrogen-bond donors (Lipinski definition) is 4. The Hall–Kier alpha value is -0.890. The number of hydrogen-bond acceptors (Lipinski definition) is 10. The Morgan fingerprint density at radius 3 is 2.28 bits per heavy atom. The molecule has 0 spiro atoms. The molecule has 11 heteroatoms. The molecule has 0 aromatic heterocycles. The lowest BCUT2D eigenvalue weighted by atomic mass is 9.89. The molecule has 11 nitrogen and oxygen atoms in total. The van der Waals surface area contributed by atoms with Crippen LogP contribution < -0.4 is 11.1 Å². The topological polar surface area (TPSA) is 151 Å². The zero-order valence-corrected chi connectivity index (χ0v) is 16.9. The van der Waals surface area contributed by atoms with Crippen LogP contribution in [-0.2, 0) is 33.2 Å². The van der Waals surface area contributed by atoms with E-state index in [2.05, 4.69) is 5.32 Å². The predicted octanol–water partition coefficient (Wildman–Crippen LogP) is -2.25. The molecule has 2 bridgehead atoms. The highest BCUT2D eigenvalue weighted by Crippen LogP contribution is 2.36. The minimum Gasteiger partial charge on any atom is -0.388 e. The second-order valence-electron chi connectivity index (χ2n) is 6.97. The standard InChI is InChI=1S/C18H34N2O9/c1-2-13(21)20-3-4-24-5-6-25-7-8-26-9-10-27-11-18-12-28-17(29-18)14(19)15(22)16(18)23/h14-17,22-23H,2-12,19H2,1H3,(H,20,21)/t14-,15-,16-,17+,18+/m1/s1. The highest BCUT2D eigenvalue weighted by atomic mass is 16.7. The Morgan fingerprint density at radius 1 is 1.07 bits per heavy atom. The monoisotopic (exact) mass is 422 g/mol. The third kappa shape index (κ3) is 7.39. The van der Waals surface area contributed by atoms with Crippen LogP contribution in [0.1, 0.15) is 13.3 Å². The van der Waals surface area contributed by atoms with E-state index in [0.29, 0.717) is 59.2 Å². The van der Waals surface area contributed by atoms with Crippen molar-refractivity contribution >= 4 is 5.91 Å². The minimum absolute atomic E-state index is 0.00985. The maximum Gasteiger partial charge on any atom is 0.219 e. The van der Waals surface area contributed by atoms with E-state index in [4.69, 9.17) is 34.2 Å². The largest absolute Gasteiger partial charge is 0.388 e. The third-order valence-electron chi connectivity index (χ3n) is 4.77. The summed E-state index contributed by atoms with van der Waals surface area (Å²) in [5.74, 6) is 0.00985. The molecule has 2 saturated heterocycles. The minimum atomic E-state index is -1.17. The summed E-state index contributed by atoms with van der Waals surface area (Å²) in [6.07, 6.45) is -2.55. The summed E-state index contributed by atoms with van der Waals surface area (Å²) in [5.41, 5.74) is 4.65. The molecule has 0 saturated carbocycles. The Labute approximate surface area is 170 Å². The fraction of sp³-hybridized carbons (Fsp3) is 0.944. The normalized spacial score (nSPS) is 31.2. The van der Waals surface area contributed by atoms with Crippen molar-refractivity contribution in [3.05, 3.63) is 0 Å². The van der Waals surface area contributed by atoms with Gasteiger partial charge in [0.05, 0.1) is 65.5 Å². The van der Waals surface area contributed by atoms with E-state index in [1.165, 1.54) is 0 Å². The Kier molecular flexibility index (Phi) is 10.7. The van der Waals surface area contributed by atoms with Gasteiger partial charge in [0.2, 0.25) is 5.91 Å². The van der Waals surface area contributed by atoms with Crippen LogP contribution in [0.5, 0.6) is 0 Å². The van der Waals surface area contributed by atoms with Gasteiger partial charge < -0.3 is 49.7 Å². The van der Waals surface area contributed by atoms with Crippen molar-refractivity contribution in [1.82, 2.24) is 5.32 Å². The van der Waals surface area contributed by atoms with Gasteiger partial charge in [-0.25, -0.2) is 0 Å². The Bertz CT molecular complexity index is 484. The number of nitrogens with one attached hydrogen (secondary N) is 1. The first-order chi connectivity index (χ1) is 14.0. The van der Waals surface area contributed by atoms with Gasteiger partial charge >= 0.3 is 0 Å². The first-order valence-corrected chi connectivity index (χ1v) is 9.99. The van der Waals surface area contributed by atoms with Crippen LogP contribution in [0.15, 0.2) is 0 Å². The van der Waals surface area contributed by atoms with E-state index in [1.54, 1.807) is 6.92 Å². The summed E-state index contributed by atoms with van der Waals surface area (Å²) in [6.45, 7) is 5.35. The van der Waals surface area contributed by atoms with E-state index < -0.39 is 30.1 Å². The molecule has 29 heavy (non-hydrogen) atoms. The van der Waals surface area contributed by atoms with Crippen LogP contribution >= 0.6 is 0 Å². The molecule has 5 N–H and O–H groups in total. The van der Waals surface area contributed by atoms with Gasteiger partial charge in [-0.1, -0.05) is 6.92 Å². The van der Waals surface area contributed by atoms with Gasteiger partial charge in [-0.2, -0.15) is 0 Å². The van der Waals surface area contributed by atoms with Crippen LogP contribution in [0.2, 0.25) is 0 Å². The van der Waals surface area contributed by atoms with Crippen LogP contribution in [0, 0.1) is 0 Å². The number of nitrogens with two attached hydrogens (primary N) is 1. The fourth-order valence-electron chi connectivity index (χ4n) is 3.00. The van der Waals surface area contributed by atoms with Gasteiger partial charge in [0.25, 0.3) is 0 Å². The summed E-state index contributed by atoms with van der Waals surface area (Å²) in [4.78, 5) is 11.0. The number of carbonyl (C=O) groups is 1. The molecule has 2 aliphatic heterocycles. The van der Waals surface area contributed by atoms with Crippen molar-refractivity contribution < 1.29 is 43.4 Å². The fourth-order valence-corrected chi connectivity index (χ4v) is 3.00. The van der Waals surface area contributed by atoms with Gasteiger partial charge in [-0.3, -0.25) is 4.79 Å². The molecule has 1 amide bonds. The maximum absolute atomic E-state index is 11.0. The van der Waals surface area contributed by atoms with Crippen LogP contribution in [0.25, 0.3) is 0 Å². The van der Waals surface area contributed by atoms with Crippen molar-refractivity contribution in [1.29, 1.82) is 0 Å². The number of rotatable bonds is 15. The lowest BCUT2D eigenvalue weighted by molar-refractivity contribution is -0.233. The van der Waals surface area contributed by atoms with E-state index in [0.717, 1.165) is 0 Å². The summed E-state index contributed by atoms with van der Waals surface area (Å²) >= 11 is 0. The predicted molar refractivity (Wildman–Crippen MR) is 100 cm³/mol. The average Bonchev–Trinajstić information content (AvgIpc) is 3.14. The third-order valence-corrected chi connectivity index (χ3v) is 4.77. The first kappa shape index (κ1) is 24.4. The molecular weight excluding hydrogens is 388 g/mol. The second kappa shape index (κ2) is 12.7. The molecule has 0 aromatic rings. The molecule has 0 radical (unpaired) electrons. The SMILES string of the molecule is CCC(=O)NCCOCCOCCOCCOC[C@@]12CO[C@@H](O1)[C@H](N)[C@@H](O)[C@H]2O. The summed E-state index contributed by atoms with van der Waals surface area (Å²) in [5, 5.41) is 22.9. The number of aliphatic hydroxyl groups is 2. The zero-order chi connectivity index (χ0) is 21.1. The van der Waals surface area contributed by atoms with Crippen molar-refractivity contribution in [3.63, 3.8) is 0 Å². The van der Waals surface area contributed by atoms with E-state index in [1.807, 2.05) is 0 Å². The van der Waals surface area contributed by atoms with Gasteiger partial charge in [0.15, 0.2) is 6.29 Å². The van der Waals surface area contributed by atoms with Crippen LogP contribution in [0.3, 0.4) is 0 Å². The molecule has 2 fully saturated rings. The smallest absolute Gasteiger partial charge is 0.219 e. The lowest BCUT2D eigenvalue weighted by Crippen LogP contribution is -2.65. The van der Waals surface area contributed by atoms with Crippen LogP contribution in [0.4, 0.5) is 0 Å². The number of fused-ring (bicyclic) bond motifs is 2. The summed E-state index contributed by atoms with van der Waals surface area (Å²) in [6, 6.07) is -0.781. The highest BCUT2D eigenvalue weighted by Gasteiger charge is 2.58. The maximum atomic E-state index is 11.0. The van der Waals surface area contributed by atoms with Crippen LogP contribution in [-0.4, -0.2) is 112 Å². The van der Waals surface area contributed by atoms with Crippen molar-refractivity contribution in [3.8, 4) is 0 Å². The highest BCUT2D eigenvalue weighted by molar-refractivity contribution is 5.75. The molecule has 5 atom stereocenters. The lowest BCUT2D eigenvalue weighted by Gasteiger charge is -2.41. The Morgan fingerprint density at radius 2 is 1.66 bits per heavy atom. The first-order valence-electron chi connectivity index (χ1n) is 9.99. The van der Waals surface area contributed by atoms with E-state index in [9.17, 15) is 15.0 Å². The molecular formula is C18H34N2O9. The zero-order valence-electron chi connectivity index (χ0n) is 16.9. The molecule has 2 rings (SSSR count). The molecule has 0 aliphatic carbocycles. The quantitative estimate of drug-likeness (QED) is 0.213. The second-order valence-corrected chi connectivity index (χ2v) is 6.97. The van der Waals surface area contributed by atoms with Crippen molar-refractivity contribution in [2.24, 2.45) is 5.73 Å². The number of carbonyl (C=O) groups excluding carboxylic acids is 1. The number of ether oxygens (including phenoxy) is 6. The summed E-state index contributed by atoms with van der Waals surface area (Å²) in [7, 11) is 0. The van der Waals surface area contributed by atoms with E-state index in [-0.39, 0.29) is 19.1 Å². The molecule has 2 heterocycles. The number of aliphatic hydroxyl groups excluding tert-OH is 2. The molecule has 0 unspecified atom stereocenters. The summed E-state index contributed by atoms with van der Waals surface area (Å²) < 4.78 is 32.6. The van der Waals surface area contributed by atoms with Gasteiger partial charge in [0, 0.05) is 13.0 Å².